The monoisotopic (exact) mass is 591 g/mol. The predicted octanol–water partition coefficient (Wildman–Crippen LogP) is 11.5. The Hall–Kier alpha value is -4.88. The lowest BCUT2D eigenvalue weighted by Gasteiger charge is -2.36. The standard InChI is InChI=1S/C45H37N/c1-27-18-21-30(22-19-27)46-31-23-25-36-38(26-31)32-12-3-4-15-35(32)42-37-24-20-29-11-9-10-28(2)41(29)44(37)45(43(36)42)39-16-7-5-13-33(39)34-14-6-8-17-40(34)45/h3-8,12-21,23-26,28,30,46H,9-11,22H2,1-2H3. The van der Waals surface area contributed by atoms with Crippen LogP contribution in [-0.2, 0) is 11.8 Å². The summed E-state index contributed by atoms with van der Waals surface area (Å²) < 4.78 is 0. The molecule has 4 aliphatic rings. The van der Waals surface area contributed by atoms with Gasteiger partial charge < -0.3 is 5.32 Å². The van der Waals surface area contributed by atoms with Gasteiger partial charge in [0, 0.05) is 11.7 Å². The Labute approximate surface area is 271 Å². The topological polar surface area (TPSA) is 12.0 Å². The van der Waals surface area contributed by atoms with E-state index in [0.717, 1.165) is 6.42 Å². The highest BCUT2D eigenvalue weighted by molar-refractivity contribution is 6.20. The van der Waals surface area contributed by atoms with E-state index >= 15 is 0 Å². The molecule has 0 aromatic heterocycles. The summed E-state index contributed by atoms with van der Waals surface area (Å²) in [6.07, 6.45) is 11.6. The third-order valence-corrected chi connectivity index (χ3v) is 11.5. The molecule has 46 heavy (non-hydrogen) atoms. The summed E-state index contributed by atoms with van der Waals surface area (Å²) in [5.74, 6) is 0.527. The van der Waals surface area contributed by atoms with Gasteiger partial charge >= 0.3 is 0 Å². The summed E-state index contributed by atoms with van der Waals surface area (Å²) in [6.45, 7) is 4.66. The highest BCUT2D eigenvalue weighted by atomic mass is 14.9. The number of hydrogen-bond acceptors (Lipinski definition) is 1. The fraction of sp³-hybridized carbons (Fsp3) is 0.200. The zero-order valence-corrected chi connectivity index (χ0v) is 26.5. The first-order valence-electron chi connectivity index (χ1n) is 17.1. The van der Waals surface area contributed by atoms with Crippen LogP contribution in [0.2, 0.25) is 0 Å². The normalized spacial score (nSPS) is 19.8. The first kappa shape index (κ1) is 26.3. The van der Waals surface area contributed by atoms with Crippen LogP contribution >= 0.6 is 0 Å². The quantitative estimate of drug-likeness (QED) is 0.197. The predicted molar refractivity (Wildman–Crippen MR) is 194 cm³/mol. The van der Waals surface area contributed by atoms with Crippen molar-refractivity contribution in [3.05, 3.63) is 160 Å². The van der Waals surface area contributed by atoms with Crippen LogP contribution in [0.25, 0.3) is 43.8 Å². The summed E-state index contributed by atoms with van der Waals surface area (Å²) in [6, 6.07) is 40.2. The van der Waals surface area contributed by atoms with Gasteiger partial charge in [-0.25, -0.2) is 0 Å². The summed E-state index contributed by atoms with van der Waals surface area (Å²) >= 11 is 0. The maximum atomic E-state index is 3.85. The minimum absolute atomic E-state index is 0.305. The summed E-state index contributed by atoms with van der Waals surface area (Å²) in [5, 5.41) is 9.25. The summed E-state index contributed by atoms with van der Waals surface area (Å²) in [7, 11) is 0. The first-order chi connectivity index (χ1) is 22.6. The van der Waals surface area contributed by atoms with Gasteiger partial charge in [-0.1, -0.05) is 122 Å². The Kier molecular flexibility index (Phi) is 5.48. The fourth-order valence-corrected chi connectivity index (χ4v) is 9.70. The molecule has 6 aromatic rings. The molecular formula is C45H37N. The number of nitrogens with one attached hydrogen (secondary N) is 1. The molecule has 1 nitrogen and oxygen atoms in total. The van der Waals surface area contributed by atoms with Crippen LogP contribution in [0.15, 0.2) is 127 Å². The van der Waals surface area contributed by atoms with Gasteiger partial charge in [0.2, 0.25) is 0 Å². The summed E-state index contributed by atoms with van der Waals surface area (Å²) in [4.78, 5) is 0. The van der Waals surface area contributed by atoms with Gasteiger partial charge in [-0.15, -0.1) is 0 Å². The van der Waals surface area contributed by atoms with E-state index < -0.39 is 0 Å². The number of hydrogen-bond donors (Lipinski definition) is 1. The molecule has 0 saturated carbocycles. The molecule has 0 aliphatic heterocycles. The van der Waals surface area contributed by atoms with Crippen molar-refractivity contribution in [1.82, 2.24) is 0 Å². The Balaban J connectivity index is 1.36. The van der Waals surface area contributed by atoms with Crippen molar-refractivity contribution in [2.75, 3.05) is 5.32 Å². The molecule has 10 rings (SSSR count). The molecule has 222 valence electrons. The van der Waals surface area contributed by atoms with Crippen LogP contribution in [0.4, 0.5) is 5.69 Å². The van der Waals surface area contributed by atoms with Crippen molar-refractivity contribution in [1.29, 1.82) is 0 Å². The number of rotatable bonds is 2. The minimum atomic E-state index is -0.361. The van der Waals surface area contributed by atoms with Gasteiger partial charge in [0.15, 0.2) is 0 Å². The van der Waals surface area contributed by atoms with Gasteiger partial charge in [-0.05, 0) is 128 Å². The smallest absolute Gasteiger partial charge is 0.0734 e. The third kappa shape index (κ3) is 3.36. The van der Waals surface area contributed by atoms with E-state index in [1.807, 2.05) is 0 Å². The molecule has 4 aliphatic carbocycles. The largest absolute Gasteiger partial charge is 0.379 e. The molecule has 1 N–H and O–H groups in total. The van der Waals surface area contributed by atoms with E-state index in [2.05, 4.69) is 141 Å². The first-order valence-corrected chi connectivity index (χ1v) is 17.1. The van der Waals surface area contributed by atoms with Crippen molar-refractivity contribution in [2.24, 2.45) is 0 Å². The molecule has 1 heteroatoms. The van der Waals surface area contributed by atoms with E-state index in [0.29, 0.717) is 12.0 Å². The average molecular weight is 592 g/mol. The number of aryl methyl sites for hydroxylation is 1. The number of benzene rings is 6. The van der Waals surface area contributed by atoms with Crippen LogP contribution < -0.4 is 5.32 Å². The van der Waals surface area contributed by atoms with Gasteiger partial charge in [-0.2, -0.15) is 0 Å². The van der Waals surface area contributed by atoms with Gasteiger partial charge in [0.05, 0.1) is 5.41 Å². The van der Waals surface area contributed by atoms with E-state index in [1.165, 1.54) is 91.0 Å². The van der Waals surface area contributed by atoms with Crippen LogP contribution in [-0.4, -0.2) is 6.04 Å². The number of allylic oxidation sites excluding steroid dienone is 2. The molecular weight excluding hydrogens is 555 g/mol. The maximum Gasteiger partial charge on any atom is 0.0734 e. The maximum absolute atomic E-state index is 3.85. The van der Waals surface area contributed by atoms with Crippen molar-refractivity contribution in [3.63, 3.8) is 0 Å². The Morgan fingerprint density at radius 1 is 0.696 bits per heavy atom. The SMILES string of the molecule is CC1=CCC(Nc2ccc3c4c(c5ccccc5c3c2)-c2ccc3c(c2C42c4ccccc4-c4ccccc42)C(C)CCC3)C=C1. The second-order valence-electron chi connectivity index (χ2n) is 14.0. The molecule has 2 atom stereocenters. The van der Waals surface area contributed by atoms with Crippen molar-refractivity contribution in [2.45, 2.75) is 56.9 Å². The molecule has 1 spiro atoms. The second-order valence-corrected chi connectivity index (χ2v) is 14.0. The molecule has 0 bridgehead atoms. The highest BCUT2D eigenvalue weighted by Crippen LogP contribution is 2.67. The average Bonchev–Trinajstić information content (AvgIpc) is 3.57. The van der Waals surface area contributed by atoms with Crippen molar-refractivity contribution < 1.29 is 0 Å². The lowest BCUT2D eigenvalue weighted by atomic mass is 9.65. The lowest BCUT2D eigenvalue weighted by Crippen LogP contribution is -2.29. The number of fused-ring (bicyclic) bond motifs is 17. The van der Waals surface area contributed by atoms with Crippen LogP contribution in [0, 0.1) is 0 Å². The van der Waals surface area contributed by atoms with Crippen LogP contribution in [0.5, 0.6) is 0 Å². The minimum Gasteiger partial charge on any atom is -0.379 e. The zero-order valence-electron chi connectivity index (χ0n) is 26.5. The molecule has 0 amide bonds. The van der Waals surface area contributed by atoms with E-state index in [1.54, 1.807) is 16.7 Å². The summed E-state index contributed by atoms with van der Waals surface area (Å²) in [5.41, 5.74) is 16.9. The van der Waals surface area contributed by atoms with Crippen molar-refractivity contribution >= 4 is 27.2 Å². The van der Waals surface area contributed by atoms with Crippen LogP contribution in [0.3, 0.4) is 0 Å². The Bertz CT molecular complexity index is 2290. The second kappa shape index (κ2) is 9.56. The lowest BCUT2D eigenvalue weighted by molar-refractivity contribution is 0.578. The molecule has 0 saturated heterocycles. The van der Waals surface area contributed by atoms with E-state index in [4.69, 9.17) is 0 Å². The number of anilines is 1. The third-order valence-electron chi connectivity index (χ3n) is 11.5. The van der Waals surface area contributed by atoms with Crippen LogP contribution in [0.1, 0.15) is 72.4 Å². The highest BCUT2D eigenvalue weighted by Gasteiger charge is 2.54. The molecule has 0 fully saturated rings. The Morgan fingerprint density at radius 3 is 2.20 bits per heavy atom. The molecule has 2 unspecified atom stereocenters. The van der Waals surface area contributed by atoms with E-state index in [-0.39, 0.29) is 5.41 Å². The zero-order chi connectivity index (χ0) is 30.6. The van der Waals surface area contributed by atoms with Crippen molar-refractivity contribution in [3.8, 4) is 22.3 Å². The molecule has 0 radical (unpaired) electrons. The van der Waals surface area contributed by atoms with Gasteiger partial charge in [0.1, 0.15) is 0 Å². The Morgan fingerprint density at radius 2 is 1.43 bits per heavy atom. The molecule has 0 heterocycles. The van der Waals surface area contributed by atoms with E-state index in [9.17, 15) is 0 Å². The van der Waals surface area contributed by atoms with Gasteiger partial charge in [-0.3, -0.25) is 0 Å². The fourth-order valence-electron chi connectivity index (χ4n) is 9.70. The van der Waals surface area contributed by atoms with Gasteiger partial charge in [0.25, 0.3) is 0 Å². The molecule has 6 aromatic carbocycles.